The van der Waals surface area contributed by atoms with Crippen molar-refractivity contribution in [3.05, 3.63) is 63.8 Å². The zero-order valence-electron chi connectivity index (χ0n) is 15.6. The fourth-order valence-corrected chi connectivity index (χ4v) is 4.16. The largest absolute Gasteiger partial charge is 0.423 e. The van der Waals surface area contributed by atoms with Crippen LogP contribution in [0.2, 0.25) is 0 Å². The van der Waals surface area contributed by atoms with Crippen molar-refractivity contribution in [1.29, 1.82) is 0 Å². The topological polar surface area (TPSA) is 92.4 Å². The number of rotatable bonds is 6. The summed E-state index contributed by atoms with van der Waals surface area (Å²) in [6.07, 6.45) is 2.09. The molecule has 1 saturated heterocycles. The lowest BCUT2D eigenvalue weighted by Crippen LogP contribution is -2.32. The van der Waals surface area contributed by atoms with Crippen LogP contribution in [0.3, 0.4) is 0 Å². The smallest absolute Gasteiger partial charge is 0.274 e. The molecule has 7 nitrogen and oxygen atoms in total. The number of hydrogen-bond donors (Lipinski definition) is 1. The van der Waals surface area contributed by atoms with E-state index in [0.29, 0.717) is 30.3 Å². The van der Waals surface area contributed by atoms with Gasteiger partial charge in [0.2, 0.25) is 11.8 Å². The molecule has 1 aliphatic heterocycles. The van der Waals surface area contributed by atoms with E-state index in [1.807, 2.05) is 25.1 Å². The molecule has 3 heterocycles. The standard InChI is InChI=1S/C20H22N4O3S/c1-2-17-22-23-19(27-17)16-10-14(25)11-24(16)20(26)15-12-28-18(21-15)9-8-13-6-4-3-5-7-13/h3-7,12,14,16,25H,2,8-11H2,1H3/t14-,16-/m1/s1. The Morgan fingerprint density at radius 3 is 2.86 bits per heavy atom. The number of thiazole rings is 1. The number of aryl methyl sites for hydroxylation is 3. The maximum Gasteiger partial charge on any atom is 0.274 e. The molecule has 8 heteroatoms. The number of nitrogens with zero attached hydrogens (tertiary/aromatic N) is 4. The summed E-state index contributed by atoms with van der Waals surface area (Å²) in [6.45, 7) is 2.17. The summed E-state index contributed by atoms with van der Waals surface area (Å²) in [4.78, 5) is 19.1. The van der Waals surface area contributed by atoms with Crippen molar-refractivity contribution >= 4 is 17.2 Å². The summed E-state index contributed by atoms with van der Waals surface area (Å²) in [6, 6.07) is 9.80. The van der Waals surface area contributed by atoms with Gasteiger partial charge in [-0.25, -0.2) is 4.98 Å². The van der Waals surface area contributed by atoms with E-state index < -0.39 is 12.1 Å². The number of carbonyl (C=O) groups is 1. The van der Waals surface area contributed by atoms with Gasteiger partial charge in [-0.3, -0.25) is 4.79 Å². The Morgan fingerprint density at radius 2 is 2.11 bits per heavy atom. The highest BCUT2D eigenvalue weighted by Gasteiger charge is 2.39. The van der Waals surface area contributed by atoms with E-state index in [9.17, 15) is 9.90 Å². The van der Waals surface area contributed by atoms with Gasteiger partial charge in [0.1, 0.15) is 11.7 Å². The molecule has 0 unspecified atom stereocenters. The Kier molecular flexibility index (Phi) is 5.50. The third-order valence-corrected chi connectivity index (χ3v) is 5.76. The van der Waals surface area contributed by atoms with Gasteiger partial charge >= 0.3 is 0 Å². The van der Waals surface area contributed by atoms with E-state index in [4.69, 9.17) is 4.42 Å². The van der Waals surface area contributed by atoms with Crippen LogP contribution < -0.4 is 0 Å². The molecule has 1 aromatic carbocycles. The lowest BCUT2D eigenvalue weighted by molar-refractivity contribution is 0.0692. The van der Waals surface area contributed by atoms with Crippen LogP contribution in [0.5, 0.6) is 0 Å². The number of aliphatic hydroxyl groups excluding tert-OH is 1. The van der Waals surface area contributed by atoms with E-state index >= 15 is 0 Å². The average Bonchev–Trinajstić information content (AvgIpc) is 3.45. The lowest BCUT2D eigenvalue weighted by atomic mass is 10.1. The highest BCUT2D eigenvalue weighted by molar-refractivity contribution is 7.09. The summed E-state index contributed by atoms with van der Waals surface area (Å²) in [5.74, 6) is 0.696. The van der Waals surface area contributed by atoms with E-state index in [-0.39, 0.29) is 12.5 Å². The van der Waals surface area contributed by atoms with Gasteiger partial charge in [0.05, 0.1) is 11.1 Å². The van der Waals surface area contributed by atoms with Crippen molar-refractivity contribution in [3.63, 3.8) is 0 Å². The Bertz CT molecular complexity index is 940. The van der Waals surface area contributed by atoms with Crippen LogP contribution in [0.15, 0.2) is 40.1 Å². The Morgan fingerprint density at radius 1 is 1.29 bits per heavy atom. The monoisotopic (exact) mass is 398 g/mol. The number of β-amino-alcohol motifs (C(OH)–C–C–N with tert-alkyl or cyclic N) is 1. The SMILES string of the molecule is CCc1nnc([C@H]2C[C@@H](O)CN2C(=O)c2csc(CCc3ccccc3)n2)o1. The molecular formula is C20H22N4O3S. The molecule has 1 amide bonds. The molecular weight excluding hydrogens is 376 g/mol. The Balaban J connectivity index is 1.46. The summed E-state index contributed by atoms with van der Waals surface area (Å²) >= 11 is 1.49. The van der Waals surface area contributed by atoms with Gasteiger partial charge in [0, 0.05) is 31.2 Å². The lowest BCUT2D eigenvalue weighted by Gasteiger charge is -2.20. The second kappa shape index (κ2) is 8.20. The summed E-state index contributed by atoms with van der Waals surface area (Å²) in [5, 5.41) is 20.9. The van der Waals surface area contributed by atoms with Crippen LogP contribution in [-0.2, 0) is 19.3 Å². The molecule has 1 aliphatic rings. The van der Waals surface area contributed by atoms with E-state index in [2.05, 4.69) is 27.3 Å². The van der Waals surface area contributed by atoms with Gasteiger partial charge in [-0.15, -0.1) is 21.5 Å². The van der Waals surface area contributed by atoms with Crippen molar-refractivity contribution < 1.29 is 14.3 Å². The minimum atomic E-state index is -0.609. The minimum Gasteiger partial charge on any atom is -0.423 e. The highest BCUT2D eigenvalue weighted by Crippen LogP contribution is 2.33. The fraction of sp³-hybridized carbons (Fsp3) is 0.400. The second-order valence-electron chi connectivity index (χ2n) is 6.86. The first-order chi connectivity index (χ1) is 13.6. The molecule has 146 valence electrons. The summed E-state index contributed by atoms with van der Waals surface area (Å²) in [7, 11) is 0. The summed E-state index contributed by atoms with van der Waals surface area (Å²) in [5.41, 5.74) is 1.65. The molecule has 0 radical (unpaired) electrons. The zero-order valence-corrected chi connectivity index (χ0v) is 16.4. The predicted octanol–water partition coefficient (Wildman–Crippen LogP) is 2.82. The third-order valence-electron chi connectivity index (χ3n) is 4.85. The maximum absolute atomic E-state index is 13.0. The number of benzene rings is 1. The number of amides is 1. The molecule has 4 rings (SSSR count). The van der Waals surface area contributed by atoms with Gasteiger partial charge in [0.15, 0.2) is 0 Å². The molecule has 2 aromatic heterocycles. The second-order valence-corrected chi connectivity index (χ2v) is 7.81. The van der Waals surface area contributed by atoms with Crippen molar-refractivity contribution in [2.45, 2.75) is 44.8 Å². The van der Waals surface area contributed by atoms with E-state index in [1.54, 1.807) is 10.3 Å². The Hall–Kier alpha value is -2.58. The van der Waals surface area contributed by atoms with Crippen LogP contribution in [0.1, 0.15) is 52.2 Å². The van der Waals surface area contributed by atoms with Crippen molar-refractivity contribution in [2.24, 2.45) is 0 Å². The van der Waals surface area contributed by atoms with Crippen LogP contribution >= 0.6 is 11.3 Å². The third kappa shape index (κ3) is 3.98. The first kappa shape index (κ1) is 18.8. The molecule has 1 N–H and O–H groups in total. The van der Waals surface area contributed by atoms with Gasteiger partial charge in [-0.05, 0) is 12.0 Å². The van der Waals surface area contributed by atoms with Gasteiger partial charge in [-0.1, -0.05) is 37.3 Å². The molecule has 3 aromatic rings. The first-order valence-electron chi connectivity index (χ1n) is 9.43. The van der Waals surface area contributed by atoms with Crippen LogP contribution in [0, 0.1) is 0 Å². The van der Waals surface area contributed by atoms with Crippen molar-refractivity contribution in [3.8, 4) is 0 Å². The number of aliphatic hydroxyl groups is 1. The quantitative estimate of drug-likeness (QED) is 0.686. The minimum absolute atomic E-state index is 0.208. The van der Waals surface area contributed by atoms with E-state index in [1.165, 1.54) is 16.9 Å². The zero-order chi connectivity index (χ0) is 19.5. The van der Waals surface area contributed by atoms with Crippen molar-refractivity contribution in [2.75, 3.05) is 6.54 Å². The number of hydrogen-bond acceptors (Lipinski definition) is 7. The average molecular weight is 398 g/mol. The first-order valence-corrected chi connectivity index (χ1v) is 10.3. The van der Waals surface area contributed by atoms with Gasteiger partial charge in [0.25, 0.3) is 5.91 Å². The molecule has 2 atom stereocenters. The molecule has 0 spiro atoms. The summed E-state index contributed by atoms with van der Waals surface area (Å²) < 4.78 is 5.63. The van der Waals surface area contributed by atoms with Crippen LogP contribution in [-0.4, -0.2) is 43.7 Å². The number of aromatic nitrogens is 3. The molecule has 0 saturated carbocycles. The molecule has 0 aliphatic carbocycles. The van der Waals surface area contributed by atoms with E-state index in [0.717, 1.165) is 17.8 Å². The number of likely N-dealkylation sites (tertiary alicyclic amines) is 1. The van der Waals surface area contributed by atoms with Gasteiger partial charge < -0.3 is 14.4 Å². The van der Waals surface area contributed by atoms with Crippen LogP contribution in [0.4, 0.5) is 0 Å². The normalized spacial score (nSPS) is 19.3. The van der Waals surface area contributed by atoms with Crippen LogP contribution in [0.25, 0.3) is 0 Å². The Labute approximate surface area is 167 Å². The molecule has 1 fully saturated rings. The maximum atomic E-state index is 13.0. The highest BCUT2D eigenvalue weighted by atomic mass is 32.1. The van der Waals surface area contributed by atoms with Crippen molar-refractivity contribution in [1.82, 2.24) is 20.1 Å². The molecule has 0 bridgehead atoms. The number of carbonyl (C=O) groups excluding carboxylic acids is 1. The predicted molar refractivity (Wildman–Crippen MR) is 104 cm³/mol. The van der Waals surface area contributed by atoms with Gasteiger partial charge in [-0.2, -0.15) is 0 Å². The molecule has 28 heavy (non-hydrogen) atoms. The fourth-order valence-electron chi connectivity index (χ4n) is 3.38.